The van der Waals surface area contributed by atoms with Gasteiger partial charge in [-0.1, -0.05) is 71.7 Å². The Morgan fingerprint density at radius 2 is 1.62 bits per heavy atom. The predicted octanol–water partition coefficient (Wildman–Crippen LogP) is 5.33. The Kier molecular flexibility index (Phi) is 6.93. The van der Waals surface area contributed by atoms with Gasteiger partial charge in [0.25, 0.3) is 0 Å². The van der Waals surface area contributed by atoms with Gasteiger partial charge in [0.15, 0.2) is 0 Å². The summed E-state index contributed by atoms with van der Waals surface area (Å²) < 4.78 is 0. The molecule has 0 aliphatic carbocycles. The topological polar surface area (TPSA) is 12.0 Å². The Morgan fingerprint density at radius 1 is 1.00 bits per heavy atom. The van der Waals surface area contributed by atoms with Gasteiger partial charge < -0.3 is 5.32 Å². The molecule has 0 heterocycles. The van der Waals surface area contributed by atoms with Gasteiger partial charge in [0, 0.05) is 6.54 Å². The quantitative estimate of drug-likeness (QED) is 0.682. The van der Waals surface area contributed by atoms with E-state index >= 15 is 0 Å². The SMILES string of the molecule is CCCCC(CC)(CNC)Cc1ccc(C(C)(C)C)cc1. The molecule has 1 heteroatoms. The monoisotopic (exact) mass is 289 g/mol. The number of hydrogen-bond donors (Lipinski definition) is 1. The van der Waals surface area contributed by atoms with Gasteiger partial charge in [0.2, 0.25) is 0 Å². The van der Waals surface area contributed by atoms with Crippen molar-refractivity contribution >= 4 is 0 Å². The van der Waals surface area contributed by atoms with E-state index in [1.54, 1.807) is 0 Å². The van der Waals surface area contributed by atoms with Crippen molar-refractivity contribution in [1.82, 2.24) is 5.32 Å². The number of benzene rings is 1. The van der Waals surface area contributed by atoms with Crippen molar-refractivity contribution in [3.8, 4) is 0 Å². The fourth-order valence-corrected chi connectivity index (χ4v) is 3.15. The van der Waals surface area contributed by atoms with E-state index in [4.69, 9.17) is 0 Å². The second-order valence-corrected chi connectivity index (χ2v) is 7.61. The highest BCUT2D eigenvalue weighted by atomic mass is 14.8. The van der Waals surface area contributed by atoms with Crippen LogP contribution in [0.25, 0.3) is 0 Å². The number of hydrogen-bond acceptors (Lipinski definition) is 1. The molecule has 1 rings (SSSR count). The molecule has 1 aromatic rings. The molecule has 0 fully saturated rings. The fraction of sp³-hybridized carbons (Fsp3) is 0.700. The number of rotatable bonds is 8. The molecule has 120 valence electrons. The Hall–Kier alpha value is -0.820. The smallest absolute Gasteiger partial charge is 0.000789 e. The van der Waals surface area contributed by atoms with Gasteiger partial charge in [-0.05, 0) is 48.3 Å². The summed E-state index contributed by atoms with van der Waals surface area (Å²) in [6.45, 7) is 12.6. The highest BCUT2D eigenvalue weighted by Crippen LogP contribution is 2.33. The Bertz CT molecular complexity index is 399. The van der Waals surface area contributed by atoms with E-state index in [2.05, 4.69) is 71.2 Å². The van der Waals surface area contributed by atoms with E-state index in [0.29, 0.717) is 5.41 Å². The maximum Gasteiger partial charge on any atom is 0.000789 e. The summed E-state index contributed by atoms with van der Waals surface area (Å²) in [4.78, 5) is 0. The summed E-state index contributed by atoms with van der Waals surface area (Å²) in [5.41, 5.74) is 3.56. The molecule has 0 bridgehead atoms. The minimum absolute atomic E-state index is 0.244. The summed E-state index contributed by atoms with van der Waals surface area (Å²) in [6, 6.07) is 9.31. The molecule has 1 unspecified atom stereocenters. The first kappa shape index (κ1) is 18.2. The van der Waals surface area contributed by atoms with Crippen LogP contribution in [0.1, 0.15) is 71.4 Å². The zero-order valence-electron chi connectivity index (χ0n) is 15.1. The highest BCUT2D eigenvalue weighted by Gasteiger charge is 2.27. The standard InChI is InChI=1S/C20H35N/c1-7-9-14-20(8-2,16-21-6)15-17-10-12-18(13-11-17)19(3,4)5/h10-13,21H,7-9,14-16H2,1-6H3. The number of nitrogens with one attached hydrogen (secondary N) is 1. The molecule has 0 aliphatic rings. The molecule has 1 nitrogen and oxygen atoms in total. The first-order chi connectivity index (χ1) is 9.87. The number of unbranched alkanes of at least 4 members (excludes halogenated alkanes) is 1. The minimum Gasteiger partial charge on any atom is -0.319 e. The molecule has 0 aromatic heterocycles. The van der Waals surface area contributed by atoms with Crippen molar-refractivity contribution in [2.45, 2.75) is 72.1 Å². The molecule has 1 N–H and O–H groups in total. The average molecular weight is 290 g/mol. The molecule has 0 spiro atoms. The van der Waals surface area contributed by atoms with Gasteiger partial charge in [-0.2, -0.15) is 0 Å². The Balaban J connectivity index is 2.87. The van der Waals surface area contributed by atoms with Gasteiger partial charge in [0.05, 0.1) is 0 Å². The lowest BCUT2D eigenvalue weighted by Gasteiger charge is -2.33. The van der Waals surface area contributed by atoms with Crippen LogP contribution in [0, 0.1) is 5.41 Å². The first-order valence-corrected chi connectivity index (χ1v) is 8.61. The minimum atomic E-state index is 0.244. The van der Waals surface area contributed by atoms with Crippen LogP contribution in [0.3, 0.4) is 0 Å². The summed E-state index contributed by atoms with van der Waals surface area (Å²) in [5.74, 6) is 0. The summed E-state index contributed by atoms with van der Waals surface area (Å²) >= 11 is 0. The Labute approximate surface area is 132 Å². The lowest BCUT2D eigenvalue weighted by atomic mass is 9.75. The van der Waals surface area contributed by atoms with Crippen LogP contribution < -0.4 is 5.32 Å². The third kappa shape index (κ3) is 5.47. The fourth-order valence-electron chi connectivity index (χ4n) is 3.15. The summed E-state index contributed by atoms with van der Waals surface area (Å²) in [6.07, 6.45) is 6.37. The van der Waals surface area contributed by atoms with Crippen molar-refractivity contribution in [3.63, 3.8) is 0 Å². The van der Waals surface area contributed by atoms with Crippen molar-refractivity contribution in [1.29, 1.82) is 0 Å². The van der Waals surface area contributed by atoms with Gasteiger partial charge in [-0.25, -0.2) is 0 Å². The zero-order valence-corrected chi connectivity index (χ0v) is 15.1. The van der Waals surface area contributed by atoms with Crippen molar-refractivity contribution < 1.29 is 0 Å². The van der Waals surface area contributed by atoms with E-state index in [1.807, 2.05) is 0 Å². The van der Waals surface area contributed by atoms with E-state index in [1.165, 1.54) is 43.2 Å². The van der Waals surface area contributed by atoms with E-state index in [-0.39, 0.29) is 5.41 Å². The van der Waals surface area contributed by atoms with Crippen LogP contribution in [0.2, 0.25) is 0 Å². The van der Waals surface area contributed by atoms with Crippen molar-refractivity contribution in [2.75, 3.05) is 13.6 Å². The van der Waals surface area contributed by atoms with Gasteiger partial charge in [0.1, 0.15) is 0 Å². The van der Waals surface area contributed by atoms with Crippen molar-refractivity contribution in [3.05, 3.63) is 35.4 Å². The van der Waals surface area contributed by atoms with Crippen LogP contribution in [0.5, 0.6) is 0 Å². The molecule has 21 heavy (non-hydrogen) atoms. The lowest BCUT2D eigenvalue weighted by molar-refractivity contribution is 0.235. The first-order valence-electron chi connectivity index (χ1n) is 8.61. The molecular formula is C20H35N. The molecule has 0 saturated carbocycles. The maximum absolute atomic E-state index is 3.42. The predicted molar refractivity (Wildman–Crippen MR) is 95.0 cm³/mol. The highest BCUT2D eigenvalue weighted by molar-refractivity contribution is 5.28. The second kappa shape index (κ2) is 7.98. The molecule has 0 aliphatic heterocycles. The third-order valence-corrected chi connectivity index (χ3v) is 4.76. The van der Waals surface area contributed by atoms with Crippen LogP contribution in [0.4, 0.5) is 0 Å². The maximum atomic E-state index is 3.42. The van der Waals surface area contributed by atoms with E-state index < -0.39 is 0 Å². The molecular weight excluding hydrogens is 254 g/mol. The largest absolute Gasteiger partial charge is 0.319 e. The van der Waals surface area contributed by atoms with Crippen molar-refractivity contribution in [2.24, 2.45) is 5.41 Å². The molecule has 0 radical (unpaired) electrons. The molecule has 0 saturated heterocycles. The van der Waals surface area contributed by atoms with E-state index in [9.17, 15) is 0 Å². The second-order valence-electron chi connectivity index (χ2n) is 7.61. The average Bonchev–Trinajstić information content (AvgIpc) is 2.44. The van der Waals surface area contributed by atoms with Gasteiger partial charge in [-0.3, -0.25) is 0 Å². The van der Waals surface area contributed by atoms with E-state index in [0.717, 1.165) is 6.54 Å². The summed E-state index contributed by atoms with van der Waals surface area (Å²) in [5, 5.41) is 3.42. The molecule has 1 aromatic carbocycles. The lowest BCUT2D eigenvalue weighted by Crippen LogP contribution is -2.34. The van der Waals surface area contributed by atoms with Gasteiger partial charge >= 0.3 is 0 Å². The summed E-state index contributed by atoms with van der Waals surface area (Å²) in [7, 11) is 2.08. The van der Waals surface area contributed by atoms with Crippen LogP contribution in [0.15, 0.2) is 24.3 Å². The molecule has 1 atom stereocenters. The van der Waals surface area contributed by atoms with Gasteiger partial charge in [-0.15, -0.1) is 0 Å². The third-order valence-electron chi connectivity index (χ3n) is 4.76. The zero-order chi connectivity index (χ0) is 15.9. The van der Waals surface area contributed by atoms with Crippen LogP contribution in [-0.4, -0.2) is 13.6 Å². The van der Waals surface area contributed by atoms with Crippen LogP contribution >= 0.6 is 0 Å². The molecule has 0 amide bonds. The Morgan fingerprint density at radius 3 is 2.05 bits per heavy atom. The van der Waals surface area contributed by atoms with Crippen LogP contribution in [-0.2, 0) is 11.8 Å². The normalized spacial score (nSPS) is 15.0.